The van der Waals surface area contributed by atoms with Crippen molar-refractivity contribution in [2.75, 3.05) is 7.11 Å². The first-order chi connectivity index (χ1) is 6.72. The van der Waals surface area contributed by atoms with Gasteiger partial charge < -0.3 is 13.6 Å². The molecule has 0 atom stereocenters. The molecule has 0 fully saturated rings. The van der Waals surface area contributed by atoms with Gasteiger partial charge in [0.05, 0.1) is 7.11 Å². The third-order valence-electron chi connectivity index (χ3n) is 1.76. The topological polar surface area (TPSA) is 52.6 Å². The fraction of sp³-hybridized carbons (Fsp3) is 0.111. The summed E-state index contributed by atoms with van der Waals surface area (Å²) in [7, 11) is 1.30. The molecule has 0 bridgehead atoms. The molecule has 2 rings (SSSR count). The average Bonchev–Trinajstić information content (AvgIpc) is 2.56. The monoisotopic (exact) mass is 210 g/mol. The van der Waals surface area contributed by atoms with Crippen LogP contribution in [0.1, 0.15) is 10.4 Å². The normalized spacial score (nSPS) is 10.4. The van der Waals surface area contributed by atoms with Crippen molar-refractivity contribution in [3.63, 3.8) is 0 Å². The van der Waals surface area contributed by atoms with Crippen LogP contribution in [0.4, 0.5) is 0 Å². The van der Waals surface area contributed by atoms with Gasteiger partial charge in [-0.3, -0.25) is 0 Å². The molecule has 1 heterocycles. The number of rotatable bonds is 1. The third kappa shape index (κ3) is 1.31. The number of methoxy groups -OCH3 is 1. The number of hydrogen-bond acceptors (Lipinski definition) is 5. The fourth-order valence-corrected chi connectivity index (χ4v) is 1.34. The van der Waals surface area contributed by atoms with Crippen molar-refractivity contribution >= 4 is 29.4 Å². The number of para-hydroxylation sites is 1. The molecule has 72 valence electrons. The quantitative estimate of drug-likeness (QED) is 0.534. The zero-order valence-corrected chi connectivity index (χ0v) is 8.09. The van der Waals surface area contributed by atoms with Gasteiger partial charge in [-0.15, -0.1) is 0 Å². The molecular formula is C9H6O4S. The number of ether oxygens (including phenoxy) is 1. The Labute approximate surface area is 84.1 Å². The van der Waals surface area contributed by atoms with Crippen molar-refractivity contribution < 1.29 is 18.4 Å². The second-order valence-corrected chi connectivity index (χ2v) is 2.91. The molecule has 2 aromatic rings. The van der Waals surface area contributed by atoms with Gasteiger partial charge in [0.15, 0.2) is 11.2 Å². The van der Waals surface area contributed by atoms with Crippen LogP contribution in [-0.2, 0) is 4.74 Å². The smallest absolute Gasteiger partial charge is 0.363 e. The molecule has 0 saturated carbocycles. The maximum atomic E-state index is 11.3. The molecule has 1 aromatic heterocycles. The van der Waals surface area contributed by atoms with Gasteiger partial charge in [-0.05, 0) is 12.1 Å². The van der Waals surface area contributed by atoms with Crippen LogP contribution >= 0.6 is 12.2 Å². The van der Waals surface area contributed by atoms with Gasteiger partial charge in [0.2, 0.25) is 0 Å². The Morgan fingerprint density at radius 2 is 2.21 bits per heavy atom. The molecule has 1 aromatic carbocycles. The largest absolute Gasteiger partial charge is 0.465 e. The summed E-state index contributed by atoms with van der Waals surface area (Å²) in [4.78, 5) is 11.3. The van der Waals surface area contributed by atoms with E-state index in [-0.39, 0.29) is 4.90 Å². The highest BCUT2D eigenvalue weighted by Gasteiger charge is 2.14. The SMILES string of the molecule is COC(=O)c1cccc2oc(=S)oc12. The van der Waals surface area contributed by atoms with E-state index in [1.165, 1.54) is 7.11 Å². The lowest BCUT2D eigenvalue weighted by molar-refractivity contribution is 0.0601. The summed E-state index contributed by atoms with van der Waals surface area (Å²) in [5.41, 5.74) is 1.08. The molecule has 0 amide bonds. The minimum atomic E-state index is -0.477. The van der Waals surface area contributed by atoms with Gasteiger partial charge in [0.1, 0.15) is 5.56 Å². The van der Waals surface area contributed by atoms with Crippen molar-refractivity contribution in [3.05, 3.63) is 28.7 Å². The Hall–Kier alpha value is -1.62. The fourth-order valence-electron chi connectivity index (χ4n) is 1.17. The van der Waals surface area contributed by atoms with Gasteiger partial charge in [-0.1, -0.05) is 6.07 Å². The van der Waals surface area contributed by atoms with Gasteiger partial charge in [0.25, 0.3) is 0 Å². The van der Waals surface area contributed by atoms with E-state index >= 15 is 0 Å². The Kier molecular flexibility index (Phi) is 2.09. The van der Waals surface area contributed by atoms with E-state index in [1.807, 2.05) is 0 Å². The second-order valence-electron chi connectivity index (χ2n) is 2.58. The first-order valence-electron chi connectivity index (χ1n) is 3.83. The number of esters is 1. The highest BCUT2D eigenvalue weighted by Crippen LogP contribution is 2.21. The predicted molar refractivity (Wildman–Crippen MR) is 50.7 cm³/mol. The summed E-state index contributed by atoms with van der Waals surface area (Å²) in [6.45, 7) is 0. The van der Waals surface area contributed by atoms with Crippen molar-refractivity contribution in [2.24, 2.45) is 0 Å². The molecule has 0 aliphatic rings. The first-order valence-corrected chi connectivity index (χ1v) is 4.24. The molecular weight excluding hydrogens is 204 g/mol. The summed E-state index contributed by atoms with van der Waals surface area (Å²) >= 11 is 4.71. The summed E-state index contributed by atoms with van der Waals surface area (Å²) in [5, 5.41) is 0. The van der Waals surface area contributed by atoms with E-state index in [0.29, 0.717) is 16.7 Å². The summed E-state index contributed by atoms with van der Waals surface area (Å²) < 4.78 is 14.7. The summed E-state index contributed by atoms with van der Waals surface area (Å²) in [6.07, 6.45) is 0. The Morgan fingerprint density at radius 3 is 2.93 bits per heavy atom. The molecule has 0 aliphatic heterocycles. The number of carbonyl (C=O) groups is 1. The van der Waals surface area contributed by atoms with Gasteiger partial charge >= 0.3 is 10.9 Å². The van der Waals surface area contributed by atoms with Gasteiger partial charge in [-0.25, -0.2) is 4.79 Å². The van der Waals surface area contributed by atoms with Crippen LogP contribution in [0, 0.1) is 4.90 Å². The lowest BCUT2D eigenvalue weighted by atomic mass is 10.2. The van der Waals surface area contributed by atoms with E-state index in [0.717, 1.165) is 0 Å². The highest BCUT2D eigenvalue weighted by atomic mass is 32.1. The van der Waals surface area contributed by atoms with E-state index in [1.54, 1.807) is 18.2 Å². The van der Waals surface area contributed by atoms with Crippen LogP contribution in [0.2, 0.25) is 0 Å². The second kappa shape index (κ2) is 3.26. The first kappa shape index (κ1) is 8.96. The van der Waals surface area contributed by atoms with Crippen molar-refractivity contribution in [1.82, 2.24) is 0 Å². The zero-order chi connectivity index (χ0) is 10.1. The number of benzene rings is 1. The van der Waals surface area contributed by atoms with Gasteiger partial charge in [0, 0.05) is 12.2 Å². The van der Waals surface area contributed by atoms with E-state index in [2.05, 4.69) is 4.74 Å². The number of fused-ring (bicyclic) bond motifs is 1. The standard InChI is InChI=1S/C9H6O4S/c1-11-8(10)5-3-2-4-6-7(5)13-9(14)12-6/h2-4H,1H3. The van der Waals surface area contributed by atoms with Crippen LogP contribution < -0.4 is 0 Å². The Balaban J connectivity index is 2.76. The Morgan fingerprint density at radius 1 is 1.43 bits per heavy atom. The highest BCUT2D eigenvalue weighted by molar-refractivity contribution is 7.71. The van der Waals surface area contributed by atoms with Crippen LogP contribution in [0.3, 0.4) is 0 Å². The average molecular weight is 210 g/mol. The lowest BCUT2D eigenvalue weighted by Crippen LogP contribution is -2.00. The van der Waals surface area contributed by atoms with Crippen molar-refractivity contribution in [3.8, 4) is 0 Å². The van der Waals surface area contributed by atoms with Crippen LogP contribution in [0.25, 0.3) is 11.2 Å². The van der Waals surface area contributed by atoms with Crippen molar-refractivity contribution in [1.29, 1.82) is 0 Å². The third-order valence-corrected chi connectivity index (χ3v) is 1.93. The molecule has 0 unspecified atom stereocenters. The molecule has 14 heavy (non-hydrogen) atoms. The van der Waals surface area contributed by atoms with Crippen molar-refractivity contribution in [2.45, 2.75) is 0 Å². The predicted octanol–water partition coefficient (Wildman–Crippen LogP) is 2.54. The minimum absolute atomic E-state index is 0.00338. The summed E-state index contributed by atoms with van der Waals surface area (Å²) in [6, 6.07) is 4.92. The van der Waals surface area contributed by atoms with Crippen LogP contribution in [0.5, 0.6) is 0 Å². The molecule has 0 radical (unpaired) electrons. The van der Waals surface area contributed by atoms with E-state index in [4.69, 9.17) is 21.1 Å². The zero-order valence-electron chi connectivity index (χ0n) is 7.27. The molecule has 4 nitrogen and oxygen atoms in total. The molecule has 0 spiro atoms. The summed E-state index contributed by atoms with van der Waals surface area (Å²) in [5.74, 6) is -0.477. The molecule has 0 saturated heterocycles. The molecule has 0 N–H and O–H groups in total. The lowest BCUT2D eigenvalue weighted by Gasteiger charge is -1.96. The number of carbonyl (C=O) groups excluding carboxylic acids is 1. The van der Waals surface area contributed by atoms with Gasteiger partial charge in [-0.2, -0.15) is 0 Å². The molecule has 5 heteroatoms. The van der Waals surface area contributed by atoms with Crippen LogP contribution in [0.15, 0.2) is 27.0 Å². The Bertz CT molecular complexity index is 537. The minimum Gasteiger partial charge on any atom is -0.465 e. The van der Waals surface area contributed by atoms with Crippen LogP contribution in [-0.4, -0.2) is 13.1 Å². The number of hydrogen-bond donors (Lipinski definition) is 0. The van der Waals surface area contributed by atoms with E-state index in [9.17, 15) is 4.79 Å². The maximum Gasteiger partial charge on any atom is 0.363 e. The van der Waals surface area contributed by atoms with E-state index < -0.39 is 5.97 Å². The maximum absolute atomic E-state index is 11.3. The molecule has 0 aliphatic carbocycles.